The lowest BCUT2D eigenvalue weighted by Crippen LogP contribution is -2.14. The molecule has 1 saturated heterocycles. The van der Waals surface area contributed by atoms with E-state index in [9.17, 15) is 13.2 Å². The Morgan fingerprint density at radius 2 is 1.96 bits per heavy atom. The molecular formula is C18H17F3NO. The van der Waals surface area contributed by atoms with E-state index in [0.29, 0.717) is 5.56 Å². The van der Waals surface area contributed by atoms with E-state index in [1.165, 1.54) is 12.1 Å². The van der Waals surface area contributed by atoms with Crippen molar-refractivity contribution < 1.29 is 17.9 Å². The molecule has 1 N–H and O–H groups in total. The summed E-state index contributed by atoms with van der Waals surface area (Å²) in [5, 5.41) is 3.41. The van der Waals surface area contributed by atoms with E-state index in [1.54, 1.807) is 6.07 Å². The topological polar surface area (TPSA) is 21.3 Å². The molecule has 0 bridgehead atoms. The summed E-state index contributed by atoms with van der Waals surface area (Å²) in [4.78, 5) is 0. The number of ether oxygens (including phenoxy) is 1. The fourth-order valence-corrected chi connectivity index (χ4v) is 2.73. The third kappa shape index (κ3) is 3.85. The molecular weight excluding hydrogens is 303 g/mol. The molecule has 3 rings (SSSR count). The van der Waals surface area contributed by atoms with Crippen LogP contribution in [-0.2, 0) is 12.8 Å². The van der Waals surface area contributed by atoms with Crippen molar-refractivity contribution in [3.05, 3.63) is 65.2 Å². The Balaban J connectivity index is 1.69. The lowest BCUT2D eigenvalue weighted by atomic mass is 10.0. The van der Waals surface area contributed by atoms with Gasteiger partial charge in [0.05, 0.1) is 5.56 Å². The molecule has 23 heavy (non-hydrogen) atoms. The van der Waals surface area contributed by atoms with Crippen molar-refractivity contribution in [3.8, 4) is 5.75 Å². The third-order valence-corrected chi connectivity index (χ3v) is 3.97. The maximum absolute atomic E-state index is 12.6. The van der Waals surface area contributed by atoms with Gasteiger partial charge in [0.25, 0.3) is 0 Å². The van der Waals surface area contributed by atoms with Crippen LogP contribution in [0.3, 0.4) is 0 Å². The first kappa shape index (κ1) is 15.9. The standard InChI is InChI=1S/C18H17F3NO/c19-18(20,21)14-9-7-13(8-10-14)12-23-17-6-2-1-4-15(17)16-5-3-11-22-16/h2,4,6-10,16,22H,3,5,11-12H2/t16-/m0/s1. The van der Waals surface area contributed by atoms with Crippen molar-refractivity contribution in [2.24, 2.45) is 0 Å². The SMILES string of the molecule is FC(F)(F)c1ccc(COc2cc[c]cc2[C@@H]2CCCN2)cc1. The zero-order valence-electron chi connectivity index (χ0n) is 12.5. The molecule has 121 valence electrons. The predicted octanol–water partition coefficient (Wildman–Crippen LogP) is 4.51. The molecule has 0 unspecified atom stereocenters. The van der Waals surface area contributed by atoms with E-state index in [-0.39, 0.29) is 12.6 Å². The lowest BCUT2D eigenvalue weighted by Gasteiger charge is -2.16. The summed E-state index contributed by atoms with van der Waals surface area (Å²) in [5.74, 6) is 0.753. The average Bonchev–Trinajstić information content (AvgIpc) is 3.07. The highest BCUT2D eigenvalue weighted by molar-refractivity contribution is 5.36. The van der Waals surface area contributed by atoms with Crippen LogP contribution in [0.5, 0.6) is 5.75 Å². The van der Waals surface area contributed by atoms with E-state index in [2.05, 4.69) is 11.4 Å². The number of halogens is 3. The summed E-state index contributed by atoms with van der Waals surface area (Å²) in [5.41, 5.74) is 1.11. The van der Waals surface area contributed by atoms with Crippen LogP contribution >= 0.6 is 0 Å². The third-order valence-electron chi connectivity index (χ3n) is 3.97. The molecule has 1 heterocycles. The highest BCUT2D eigenvalue weighted by Crippen LogP contribution is 2.32. The van der Waals surface area contributed by atoms with Crippen LogP contribution in [0.25, 0.3) is 0 Å². The van der Waals surface area contributed by atoms with E-state index in [0.717, 1.165) is 42.8 Å². The molecule has 1 aliphatic rings. The van der Waals surface area contributed by atoms with Crippen molar-refractivity contribution >= 4 is 0 Å². The van der Waals surface area contributed by atoms with Crippen molar-refractivity contribution in [2.75, 3.05) is 6.54 Å². The van der Waals surface area contributed by atoms with Crippen molar-refractivity contribution in [1.29, 1.82) is 0 Å². The Morgan fingerprint density at radius 3 is 2.61 bits per heavy atom. The largest absolute Gasteiger partial charge is 0.489 e. The highest BCUT2D eigenvalue weighted by Gasteiger charge is 2.29. The molecule has 0 amide bonds. The molecule has 5 heteroatoms. The van der Waals surface area contributed by atoms with Gasteiger partial charge in [-0.1, -0.05) is 18.2 Å². The minimum absolute atomic E-state index is 0.238. The second-order valence-corrected chi connectivity index (χ2v) is 5.60. The van der Waals surface area contributed by atoms with Gasteiger partial charge < -0.3 is 10.1 Å². The maximum atomic E-state index is 12.6. The first-order valence-electron chi connectivity index (χ1n) is 7.56. The van der Waals surface area contributed by atoms with Crippen LogP contribution in [0.4, 0.5) is 13.2 Å². The number of alkyl halides is 3. The number of hydrogen-bond donors (Lipinski definition) is 1. The van der Waals surface area contributed by atoms with E-state index in [4.69, 9.17) is 4.74 Å². The number of benzene rings is 2. The molecule has 0 aromatic heterocycles. The van der Waals surface area contributed by atoms with Crippen LogP contribution in [0.15, 0.2) is 42.5 Å². The highest BCUT2D eigenvalue weighted by atomic mass is 19.4. The first-order valence-corrected chi connectivity index (χ1v) is 7.56. The van der Waals surface area contributed by atoms with Gasteiger partial charge in [-0.2, -0.15) is 13.2 Å². The van der Waals surface area contributed by atoms with Gasteiger partial charge in [0, 0.05) is 11.6 Å². The normalized spacial score (nSPS) is 18.1. The molecule has 2 aromatic carbocycles. The minimum Gasteiger partial charge on any atom is -0.489 e. The van der Waals surface area contributed by atoms with Gasteiger partial charge in [0.1, 0.15) is 12.4 Å². The zero-order valence-corrected chi connectivity index (χ0v) is 12.5. The van der Waals surface area contributed by atoms with Gasteiger partial charge >= 0.3 is 6.18 Å². The Hall–Kier alpha value is -2.01. The van der Waals surface area contributed by atoms with E-state index in [1.807, 2.05) is 12.1 Å². The van der Waals surface area contributed by atoms with Gasteiger partial charge in [0.2, 0.25) is 0 Å². The molecule has 2 aromatic rings. The van der Waals surface area contributed by atoms with Gasteiger partial charge in [-0.05, 0) is 55.3 Å². The summed E-state index contributed by atoms with van der Waals surface area (Å²) >= 11 is 0. The molecule has 2 nitrogen and oxygen atoms in total. The first-order chi connectivity index (χ1) is 11.0. The van der Waals surface area contributed by atoms with Gasteiger partial charge in [-0.25, -0.2) is 0 Å². The summed E-state index contributed by atoms with van der Waals surface area (Å²) < 4.78 is 43.5. The lowest BCUT2D eigenvalue weighted by molar-refractivity contribution is -0.137. The van der Waals surface area contributed by atoms with Crippen LogP contribution in [0.2, 0.25) is 0 Å². The average molecular weight is 320 g/mol. The fourth-order valence-electron chi connectivity index (χ4n) is 2.73. The Morgan fingerprint density at radius 1 is 1.17 bits per heavy atom. The Bertz CT molecular complexity index is 646. The molecule has 1 aliphatic heterocycles. The molecule has 1 fully saturated rings. The number of nitrogens with one attached hydrogen (secondary N) is 1. The van der Waals surface area contributed by atoms with Gasteiger partial charge in [-0.15, -0.1) is 0 Å². The fraction of sp³-hybridized carbons (Fsp3) is 0.333. The molecule has 1 atom stereocenters. The predicted molar refractivity (Wildman–Crippen MR) is 81.0 cm³/mol. The Kier molecular flexibility index (Phi) is 4.57. The summed E-state index contributed by atoms with van der Waals surface area (Å²) in [6, 6.07) is 13.9. The number of hydrogen-bond acceptors (Lipinski definition) is 2. The van der Waals surface area contributed by atoms with Crippen LogP contribution in [0, 0.1) is 6.07 Å². The van der Waals surface area contributed by atoms with Crippen molar-refractivity contribution in [3.63, 3.8) is 0 Å². The summed E-state index contributed by atoms with van der Waals surface area (Å²) in [7, 11) is 0. The summed E-state index contributed by atoms with van der Waals surface area (Å²) in [6.07, 6.45) is -2.14. The van der Waals surface area contributed by atoms with Crippen LogP contribution < -0.4 is 10.1 Å². The second kappa shape index (κ2) is 6.62. The van der Waals surface area contributed by atoms with Crippen LogP contribution in [-0.4, -0.2) is 6.54 Å². The Labute approximate surface area is 133 Å². The molecule has 0 aliphatic carbocycles. The van der Waals surface area contributed by atoms with Gasteiger partial charge in [-0.3, -0.25) is 0 Å². The zero-order chi connectivity index (χ0) is 16.3. The molecule has 1 radical (unpaired) electrons. The summed E-state index contributed by atoms with van der Waals surface area (Å²) in [6.45, 7) is 1.22. The monoisotopic (exact) mass is 320 g/mol. The maximum Gasteiger partial charge on any atom is 0.416 e. The second-order valence-electron chi connectivity index (χ2n) is 5.60. The smallest absolute Gasteiger partial charge is 0.416 e. The van der Waals surface area contributed by atoms with E-state index < -0.39 is 11.7 Å². The number of rotatable bonds is 4. The van der Waals surface area contributed by atoms with Crippen molar-refractivity contribution in [2.45, 2.75) is 31.7 Å². The minimum atomic E-state index is -4.31. The van der Waals surface area contributed by atoms with Crippen LogP contribution in [0.1, 0.15) is 35.6 Å². The van der Waals surface area contributed by atoms with E-state index >= 15 is 0 Å². The van der Waals surface area contributed by atoms with Crippen molar-refractivity contribution in [1.82, 2.24) is 5.32 Å². The molecule has 0 spiro atoms. The molecule has 0 saturated carbocycles. The quantitative estimate of drug-likeness (QED) is 0.895. The van der Waals surface area contributed by atoms with Gasteiger partial charge in [0.15, 0.2) is 0 Å².